The van der Waals surface area contributed by atoms with Crippen LogP contribution in [-0.4, -0.2) is 48.3 Å². The molecule has 0 saturated heterocycles. The molecule has 19 heavy (non-hydrogen) atoms. The molecule has 0 unspecified atom stereocenters. The van der Waals surface area contributed by atoms with Gasteiger partial charge in [0.2, 0.25) is 0 Å². The van der Waals surface area contributed by atoms with Crippen molar-refractivity contribution in [2.75, 3.05) is 26.4 Å². The maximum atomic E-state index is 10.0. The number of carbonyl (C=O) groups is 1. The second-order valence-corrected chi connectivity index (χ2v) is 6.12. The van der Waals surface area contributed by atoms with Crippen LogP contribution in [0.5, 0.6) is 0 Å². The molecule has 6 aliphatic carbocycles. The van der Waals surface area contributed by atoms with Crippen LogP contribution in [0.1, 0.15) is 0 Å². The summed E-state index contributed by atoms with van der Waals surface area (Å²) in [7, 11) is 0. The molecule has 0 aromatic rings. The summed E-state index contributed by atoms with van der Waals surface area (Å²) in [6, 6.07) is 0. The van der Waals surface area contributed by atoms with E-state index < -0.39 is 0 Å². The Labute approximate surface area is 111 Å². The summed E-state index contributed by atoms with van der Waals surface area (Å²) >= 11 is 0. The lowest BCUT2D eigenvalue weighted by Gasteiger charge is -3.03. The lowest BCUT2D eigenvalue weighted by Crippen LogP contribution is -3.00. The van der Waals surface area contributed by atoms with Crippen molar-refractivity contribution in [3.05, 3.63) is 0 Å². The van der Waals surface area contributed by atoms with Gasteiger partial charge in [-0.2, -0.15) is 0 Å². The van der Waals surface area contributed by atoms with Gasteiger partial charge < -0.3 is 10.2 Å². The van der Waals surface area contributed by atoms with Crippen LogP contribution in [0.2, 0.25) is 0 Å². The van der Waals surface area contributed by atoms with Crippen molar-refractivity contribution in [1.29, 1.82) is 0 Å². The summed E-state index contributed by atoms with van der Waals surface area (Å²) in [5.74, 6) is 10.7. The number of aliphatic hydroxyl groups excluding tert-OH is 2. The van der Waals surface area contributed by atoms with Gasteiger partial charge in [-0.25, -0.2) is 9.68 Å². The monoisotopic (exact) mass is 269 g/mol. The van der Waals surface area contributed by atoms with E-state index in [4.69, 9.17) is 10.2 Å². The van der Waals surface area contributed by atoms with Crippen LogP contribution in [0.3, 0.4) is 0 Å². The third-order valence-electron chi connectivity index (χ3n) is 6.04. The molecule has 6 heteroatoms. The fourth-order valence-corrected chi connectivity index (χ4v) is 5.65. The molecule has 0 aliphatic heterocycles. The summed E-state index contributed by atoms with van der Waals surface area (Å²) in [6.07, 6.45) is 0.297. The summed E-state index contributed by atoms with van der Waals surface area (Å²) in [4.78, 5) is 19.1. The second-order valence-electron chi connectivity index (χ2n) is 6.12. The topological polar surface area (TPSA) is 79.2 Å². The molecule has 106 valence electrons. The molecule has 0 bridgehead atoms. The minimum absolute atomic E-state index is 0.0236. The molecule has 2 N–H and O–H groups in total. The molecular formula is C13H19NO5. The van der Waals surface area contributed by atoms with E-state index in [0.717, 1.165) is 0 Å². The average molecular weight is 269 g/mol. The SMILES string of the molecule is C12C3C4C1C1C2C3C41.O=CN(OCCO)OCCO. The molecule has 0 atom stereocenters. The highest BCUT2D eigenvalue weighted by Crippen LogP contribution is 3.00. The lowest BCUT2D eigenvalue weighted by atomic mass is 9.01. The highest BCUT2D eigenvalue weighted by atomic mass is 17.0. The predicted octanol–water partition coefficient (Wildman–Crippen LogP) is -0.723. The Kier molecular flexibility index (Phi) is 2.64. The van der Waals surface area contributed by atoms with Crippen LogP contribution in [0, 0.1) is 47.3 Å². The fourth-order valence-electron chi connectivity index (χ4n) is 5.65. The fraction of sp³-hybridized carbons (Fsp3) is 0.923. The second kappa shape index (κ2) is 4.15. The van der Waals surface area contributed by atoms with Gasteiger partial charge in [0.25, 0.3) is 6.41 Å². The first-order valence-corrected chi connectivity index (χ1v) is 7.07. The molecule has 6 aliphatic rings. The average Bonchev–Trinajstić information content (AvgIpc) is 2.49. The first kappa shape index (κ1) is 12.1. The highest BCUT2D eigenvalue weighted by molar-refractivity contribution is 5.44. The van der Waals surface area contributed by atoms with Crippen molar-refractivity contribution in [2.24, 2.45) is 47.3 Å². The first-order chi connectivity index (χ1) is 9.35. The van der Waals surface area contributed by atoms with Gasteiger partial charge >= 0.3 is 0 Å². The molecule has 1 amide bonds. The summed E-state index contributed by atoms with van der Waals surface area (Å²) in [5.41, 5.74) is 0. The van der Waals surface area contributed by atoms with Crippen LogP contribution < -0.4 is 0 Å². The molecule has 0 aromatic carbocycles. The normalized spacial score (nSPS) is 51.1. The number of hydroxylamine groups is 2. The maximum Gasteiger partial charge on any atom is 0.261 e. The number of nitrogens with zero attached hydrogens (tertiary/aromatic N) is 1. The Morgan fingerprint density at radius 3 is 1.32 bits per heavy atom. The zero-order valence-corrected chi connectivity index (χ0v) is 10.6. The van der Waals surface area contributed by atoms with E-state index in [0.29, 0.717) is 11.6 Å². The molecule has 6 saturated carbocycles. The Morgan fingerprint density at radius 1 is 0.789 bits per heavy atom. The Bertz CT molecular complexity index is 273. The van der Waals surface area contributed by atoms with E-state index in [-0.39, 0.29) is 26.4 Å². The Balaban J connectivity index is 0.000000103. The van der Waals surface area contributed by atoms with Gasteiger partial charge in [0.1, 0.15) is 13.2 Å². The van der Waals surface area contributed by atoms with Crippen molar-refractivity contribution in [3.63, 3.8) is 0 Å². The van der Waals surface area contributed by atoms with E-state index >= 15 is 0 Å². The molecular weight excluding hydrogens is 250 g/mol. The standard InChI is InChI=1S/C8H8.C5H11NO5/c1-2-5-3(1)7-4(1)6(2)8(5)7;7-1-3-10-6(5-9)11-4-2-8/h1-8H;5,7-8H,1-4H2. The van der Waals surface area contributed by atoms with Crippen molar-refractivity contribution in [1.82, 2.24) is 5.23 Å². The largest absolute Gasteiger partial charge is 0.394 e. The molecule has 6 fully saturated rings. The van der Waals surface area contributed by atoms with E-state index in [1.54, 1.807) is 0 Å². The van der Waals surface area contributed by atoms with E-state index in [1.165, 1.54) is 47.3 Å². The van der Waals surface area contributed by atoms with Crippen LogP contribution in [-0.2, 0) is 14.5 Å². The summed E-state index contributed by atoms with van der Waals surface area (Å²) < 4.78 is 0. The third-order valence-corrected chi connectivity index (χ3v) is 6.04. The van der Waals surface area contributed by atoms with Crippen molar-refractivity contribution in [3.8, 4) is 0 Å². The van der Waals surface area contributed by atoms with E-state index in [2.05, 4.69) is 9.68 Å². The van der Waals surface area contributed by atoms with E-state index in [9.17, 15) is 4.79 Å². The number of hydrogen-bond donors (Lipinski definition) is 2. The smallest absolute Gasteiger partial charge is 0.261 e. The third kappa shape index (κ3) is 1.24. The lowest BCUT2D eigenvalue weighted by molar-refractivity contribution is -0.565. The van der Waals surface area contributed by atoms with Gasteiger partial charge in [0.05, 0.1) is 13.2 Å². The minimum Gasteiger partial charge on any atom is -0.394 e. The maximum absolute atomic E-state index is 10.0. The van der Waals surface area contributed by atoms with Crippen LogP contribution in [0.4, 0.5) is 0 Å². The van der Waals surface area contributed by atoms with Crippen molar-refractivity contribution in [2.45, 2.75) is 0 Å². The molecule has 0 aromatic heterocycles. The van der Waals surface area contributed by atoms with Gasteiger partial charge in [0.15, 0.2) is 0 Å². The summed E-state index contributed by atoms with van der Waals surface area (Å²) in [6.45, 7) is -0.450. The quantitative estimate of drug-likeness (QED) is 0.471. The Morgan fingerprint density at radius 2 is 1.11 bits per heavy atom. The number of rotatable bonds is 7. The van der Waals surface area contributed by atoms with Gasteiger partial charge in [-0.1, -0.05) is 5.23 Å². The van der Waals surface area contributed by atoms with Gasteiger partial charge in [-0.05, 0) is 47.3 Å². The first-order valence-electron chi connectivity index (χ1n) is 7.07. The predicted molar refractivity (Wildman–Crippen MR) is 61.9 cm³/mol. The van der Waals surface area contributed by atoms with Crippen LogP contribution in [0.15, 0.2) is 0 Å². The Hall–Kier alpha value is -0.690. The number of aliphatic hydroxyl groups is 2. The zero-order chi connectivity index (χ0) is 13.1. The van der Waals surface area contributed by atoms with Crippen LogP contribution in [0.25, 0.3) is 0 Å². The van der Waals surface area contributed by atoms with E-state index in [1.807, 2.05) is 0 Å². The molecule has 6 nitrogen and oxygen atoms in total. The number of carbonyl (C=O) groups excluding carboxylic acids is 1. The van der Waals surface area contributed by atoms with Crippen molar-refractivity contribution >= 4 is 6.41 Å². The number of amides is 1. The van der Waals surface area contributed by atoms with Gasteiger partial charge in [0, 0.05) is 0 Å². The molecule has 0 spiro atoms. The highest BCUT2D eigenvalue weighted by Gasteiger charge is 2.97. The van der Waals surface area contributed by atoms with Crippen LogP contribution >= 0.6 is 0 Å². The van der Waals surface area contributed by atoms with Gasteiger partial charge in [-0.3, -0.25) is 4.79 Å². The number of hydrogen-bond acceptors (Lipinski definition) is 5. The van der Waals surface area contributed by atoms with Gasteiger partial charge in [-0.15, -0.1) is 0 Å². The molecule has 6 rings (SSSR count). The molecule has 0 heterocycles. The van der Waals surface area contributed by atoms with Crippen molar-refractivity contribution < 1.29 is 24.7 Å². The molecule has 0 radical (unpaired) electrons. The minimum atomic E-state index is -0.202. The zero-order valence-electron chi connectivity index (χ0n) is 10.6. The summed E-state index contributed by atoms with van der Waals surface area (Å²) in [5, 5.41) is 17.1.